The molecule has 140 valence electrons. The van der Waals surface area contributed by atoms with Gasteiger partial charge in [-0.25, -0.2) is 8.42 Å². The highest BCUT2D eigenvalue weighted by Gasteiger charge is 2.32. The molecule has 0 aliphatic carbocycles. The van der Waals surface area contributed by atoms with Gasteiger partial charge in [-0.2, -0.15) is 9.40 Å². The van der Waals surface area contributed by atoms with E-state index in [9.17, 15) is 13.2 Å². The lowest BCUT2D eigenvalue weighted by Gasteiger charge is -2.30. The van der Waals surface area contributed by atoms with Crippen LogP contribution in [0.2, 0.25) is 0 Å². The van der Waals surface area contributed by atoms with Gasteiger partial charge < -0.3 is 10.1 Å². The van der Waals surface area contributed by atoms with Crippen molar-refractivity contribution in [3.63, 3.8) is 0 Å². The van der Waals surface area contributed by atoms with Crippen LogP contribution in [0.4, 0.5) is 5.69 Å². The number of amides is 1. The average molecular weight is 378 g/mol. The highest BCUT2D eigenvalue weighted by atomic mass is 32.2. The minimum absolute atomic E-state index is 0.118. The molecule has 1 N–H and O–H groups in total. The van der Waals surface area contributed by atoms with Crippen molar-refractivity contribution in [3.05, 3.63) is 36.7 Å². The van der Waals surface area contributed by atoms with E-state index < -0.39 is 10.0 Å². The van der Waals surface area contributed by atoms with Gasteiger partial charge in [0, 0.05) is 32.3 Å². The normalized spacial score (nSPS) is 16.4. The molecule has 1 aliphatic rings. The van der Waals surface area contributed by atoms with E-state index in [1.807, 2.05) is 12.1 Å². The number of piperidine rings is 1. The van der Waals surface area contributed by atoms with Gasteiger partial charge in [0.1, 0.15) is 10.6 Å². The highest BCUT2D eigenvalue weighted by Crippen LogP contribution is 2.27. The molecule has 1 fully saturated rings. The van der Waals surface area contributed by atoms with Crippen molar-refractivity contribution < 1.29 is 17.9 Å². The number of carbonyl (C=O) groups is 1. The number of rotatable bonds is 5. The summed E-state index contributed by atoms with van der Waals surface area (Å²) in [4.78, 5) is 12.7. The van der Waals surface area contributed by atoms with Crippen LogP contribution in [-0.4, -0.2) is 48.6 Å². The molecule has 1 aliphatic heterocycles. The number of nitrogens with one attached hydrogen (secondary N) is 1. The standard InChI is InChI=1S/C17H22N4O4S/c1-20-12-14(11-18-20)26(23,24)21-9-7-13(8-10-21)17(22)19-15-5-3-4-6-16(15)25-2/h3-6,11-13H,7-10H2,1-2H3,(H,19,22). The van der Waals surface area contributed by atoms with Gasteiger partial charge in [-0.3, -0.25) is 9.48 Å². The molecule has 0 bridgehead atoms. The summed E-state index contributed by atoms with van der Waals surface area (Å²) >= 11 is 0. The second-order valence-corrected chi connectivity index (χ2v) is 8.16. The summed E-state index contributed by atoms with van der Waals surface area (Å²) in [6.07, 6.45) is 3.77. The first-order valence-corrected chi connectivity index (χ1v) is 9.78. The number of carbonyl (C=O) groups excluding carboxylic acids is 1. The summed E-state index contributed by atoms with van der Waals surface area (Å²) in [5.41, 5.74) is 0.616. The van der Waals surface area contributed by atoms with Crippen LogP contribution in [0, 0.1) is 5.92 Å². The molecule has 0 unspecified atom stereocenters. The molecule has 2 heterocycles. The molecule has 8 nitrogen and oxygen atoms in total. The first-order chi connectivity index (χ1) is 12.4. The monoisotopic (exact) mass is 378 g/mol. The minimum Gasteiger partial charge on any atom is -0.495 e. The second kappa shape index (κ2) is 7.46. The molecule has 1 amide bonds. The molecule has 9 heteroatoms. The maximum absolute atomic E-state index is 12.6. The second-order valence-electron chi connectivity index (χ2n) is 6.22. The molecule has 0 radical (unpaired) electrons. The Morgan fingerprint density at radius 3 is 2.58 bits per heavy atom. The number of nitrogens with zero attached hydrogens (tertiary/aromatic N) is 3. The third-order valence-corrected chi connectivity index (χ3v) is 6.36. The highest BCUT2D eigenvalue weighted by molar-refractivity contribution is 7.89. The van der Waals surface area contributed by atoms with Crippen LogP contribution in [0.5, 0.6) is 5.75 Å². The van der Waals surface area contributed by atoms with Crippen molar-refractivity contribution in [3.8, 4) is 5.75 Å². The Balaban J connectivity index is 1.62. The lowest BCUT2D eigenvalue weighted by Crippen LogP contribution is -2.41. The van der Waals surface area contributed by atoms with Crippen LogP contribution in [0.3, 0.4) is 0 Å². The Morgan fingerprint density at radius 2 is 1.96 bits per heavy atom. The van der Waals surface area contributed by atoms with Crippen LogP contribution < -0.4 is 10.1 Å². The van der Waals surface area contributed by atoms with E-state index in [0.29, 0.717) is 37.4 Å². The van der Waals surface area contributed by atoms with E-state index in [0.717, 1.165) is 0 Å². The Bertz CT molecular complexity index is 886. The number of anilines is 1. The number of ether oxygens (including phenoxy) is 1. The summed E-state index contributed by atoms with van der Waals surface area (Å²) in [5, 5.41) is 6.79. The Hall–Kier alpha value is -2.39. The summed E-state index contributed by atoms with van der Waals surface area (Å²) in [6, 6.07) is 7.20. The van der Waals surface area contributed by atoms with Crippen molar-refractivity contribution >= 4 is 21.6 Å². The van der Waals surface area contributed by atoms with Gasteiger partial charge >= 0.3 is 0 Å². The largest absolute Gasteiger partial charge is 0.495 e. The average Bonchev–Trinajstić information content (AvgIpc) is 3.09. The zero-order chi connectivity index (χ0) is 18.7. The Morgan fingerprint density at radius 1 is 1.27 bits per heavy atom. The molecule has 26 heavy (non-hydrogen) atoms. The van der Waals surface area contributed by atoms with Crippen LogP contribution in [-0.2, 0) is 21.9 Å². The van der Waals surface area contributed by atoms with Crippen LogP contribution >= 0.6 is 0 Å². The first-order valence-electron chi connectivity index (χ1n) is 8.34. The number of methoxy groups -OCH3 is 1. The molecule has 1 aromatic carbocycles. The number of para-hydroxylation sites is 2. The van der Waals surface area contributed by atoms with E-state index in [1.54, 1.807) is 26.3 Å². The van der Waals surface area contributed by atoms with E-state index in [-0.39, 0.29) is 16.7 Å². The maximum atomic E-state index is 12.6. The van der Waals surface area contributed by atoms with E-state index in [4.69, 9.17) is 4.74 Å². The lowest BCUT2D eigenvalue weighted by atomic mass is 9.97. The number of aromatic nitrogens is 2. The molecular formula is C17H22N4O4S. The van der Waals surface area contributed by atoms with Gasteiger partial charge in [-0.15, -0.1) is 0 Å². The van der Waals surface area contributed by atoms with E-state index in [1.165, 1.54) is 21.4 Å². The molecule has 2 aromatic rings. The number of hydrogen-bond acceptors (Lipinski definition) is 5. The minimum atomic E-state index is -3.56. The fourth-order valence-electron chi connectivity index (χ4n) is 3.02. The van der Waals surface area contributed by atoms with E-state index >= 15 is 0 Å². The SMILES string of the molecule is COc1ccccc1NC(=O)C1CCN(S(=O)(=O)c2cnn(C)c2)CC1. The van der Waals surface area contributed by atoms with Crippen molar-refractivity contribution in [2.24, 2.45) is 13.0 Å². The van der Waals surface area contributed by atoms with Gasteiger partial charge in [-0.05, 0) is 25.0 Å². The molecule has 1 saturated heterocycles. The zero-order valence-electron chi connectivity index (χ0n) is 14.8. The molecule has 1 aromatic heterocycles. The van der Waals surface area contributed by atoms with Crippen molar-refractivity contribution in [1.29, 1.82) is 0 Å². The van der Waals surface area contributed by atoms with Crippen molar-refractivity contribution in [1.82, 2.24) is 14.1 Å². The molecule has 0 saturated carbocycles. The summed E-state index contributed by atoms with van der Waals surface area (Å²) < 4.78 is 33.3. The maximum Gasteiger partial charge on any atom is 0.246 e. The van der Waals surface area contributed by atoms with Gasteiger partial charge in [0.15, 0.2) is 0 Å². The van der Waals surface area contributed by atoms with Gasteiger partial charge in [-0.1, -0.05) is 12.1 Å². The number of benzene rings is 1. The summed E-state index contributed by atoms with van der Waals surface area (Å²) in [7, 11) is -0.339. The van der Waals surface area contributed by atoms with Crippen LogP contribution in [0.15, 0.2) is 41.6 Å². The lowest BCUT2D eigenvalue weighted by molar-refractivity contribution is -0.120. The van der Waals surface area contributed by atoms with Crippen molar-refractivity contribution in [2.75, 3.05) is 25.5 Å². The molecular weight excluding hydrogens is 356 g/mol. The van der Waals surface area contributed by atoms with Crippen LogP contribution in [0.25, 0.3) is 0 Å². The predicted octanol–water partition coefficient (Wildman–Crippen LogP) is 1.47. The molecule has 0 atom stereocenters. The predicted molar refractivity (Wildman–Crippen MR) is 96.3 cm³/mol. The smallest absolute Gasteiger partial charge is 0.246 e. The number of hydrogen-bond donors (Lipinski definition) is 1. The zero-order valence-corrected chi connectivity index (χ0v) is 15.6. The third-order valence-electron chi connectivity index (χ3n) is 4.51. The number of aryl methyl sites for hydroxylation is 1. The number of sulfonamides is 1. The van der Waals surface area contributed by atoms with Crippen molar-refractivity contribution in [2.45, 2.75) is 17.7 Å². The van der Waals surface area contributed by atoms with Crippen LogP contribution in [0.1, 0.15) is 12.8 Å². The van der Waals surface area contributed by atoms with E-state index in [2.05, 4.69) is 10.4 Å². The van der Waals surface area contributed by atoms with Gasteiger partial charge in [0.2, 0.25) is 15.9 Å². The van der Waals surface area contributed by atoms with Gasteiger partial charge in [0.05, 0.1) is 19.0 Å². The quantitative estimate of drug-likeness (QED) is 0.850. The third kappa shape index (κ3) is 3.73. The Labute approximate surface area is 152 Å². The molecule has 0 spiro atoms. The first kappa shape index (κ1) is 18.4. The summed E-state index contributed by atoms with van der Waals surface area (Å²) in [6.45, 7) is 0.614. The summed E-state index contributed by atoms with van der Waals surface area (Å²) in [5.74, 6) is 0.241. The topological polar surface area (TPSA) is 93.5 Å². The fraction of sp³-hybridized carbons (Fsp3) is 0.412. The molecule has 3 rings (SSSR count). The Kier molecular flexibility index (Phi) is 5.28. The fourth-order valence-corrected chi connectivity index (χ4v) is 4.48. The van der Waals surface area contributed by atoms with Gasteiger partial charge in [0.25, 0.3) is 0 Å².